The van der Waals surface area contributed by atoms with E-state index >= 15 is 0 Å². The van der Waals surface area contributed by atoms with E-state index in [1.165, 1.54) is 13.5 Å². The second-order valence-electron chi connectivity index (χ2n) is 5.43. The summed E-state index contributed by atoms with van der Waals surface area (Å²) in [6.45, 7) is 4.59. The van der Waals surface area contributed by atoms with Gasteiger partial charge in [0.2, 0.25) is 0 Å². The van der Waals surface area contributed by atoms with Crippen molar-refractivity contribution in [3.05, 3.63) is 0 Å². The third kappa shape index (κ3) is 2.09. The second-order valence-corrected chi connectivity index (χ2v) is 5.43. The second kappa shape index (κ2) is 4.34. The van der Waals surface area contributed by atoms with Gasteiger partial charge in [-0.15, -0.1) is 0 Å². The zero-order valence-electron chi connectivity index (χ0n) is 10.2. The van der Waals surface area contributed by atoms with E-state index in [1.54, 1.807) is 0 Å². The number of nitrogens with two attached hydrogens (primary N) is 1. The molecule has 3 unspecified atom stereocenters. The maximum Gasteiger partial charge on any atom is 0.325 e. The van der Waals surface area contributed by atoms with Crippen molar-refractivity contribution < 1.29 is 9.53 Å². The minimum atomic E-state index is -0.731. The molecule has 4 nitrogen and oxygen atoms in total. The molecule has 1 aliphatic heterocycles. The van der Waals surface area contributed by atoms with Crippen LogP contribution in [0.2, 0.25) is 0 Å². The highest BCUT2D eigenvalue weighted by Gasteiger charge is 2.45. The Morgan fingerprint density at radius 1 is 1.50 bits per heavy atom. The lowest BCUT2D eigenvalue weighted by Gasteiger charge is -2.26. The van der Waals surface area contributed by atoms with Gasteiger partial charge < -0.3 is 15.4 Å². The van der Waals surface area contributed by atoms with Gasteiger partial charge in [-0.1, -0.05) is 6.92 Å². The molecular formula is C12H22N2O2. The fraction of sp³-hybridized carbons (Fsp3) is 0.917. The number of hydrogen-bond acceptors (Lipinski definition) is 4. The highest BCUT2D eigenvalue weighted by Crippen LogP contribution is 2.34. The summed E-state index contributed by atoms with van der Waals surface area (Å²) in [4.78, 5) is 14.1. The number of likely N-dealkylation sites (tertiary alicyclic amines) is 1. The van der Waals surface area contributed by atoms with E-state index in [0.29, 0.717) is 6.04 Å². The zero-order valence-corrected chi connectivity index (χ0v) is 10.2. The molecule has 1 aliphatic carbocycles. The van der Waals surface area contributed by atoms with Crippen molar-refractivity contribution in [2.45, 2.75) is 44.2 Å². The topological polar surface area (TPSA) is 55.6 Å². The minimum absolute atomic E-state index is 0.248. The van der Waals surface area contributed by atoms with Crippen molar-refractivity contribution in [1.29, 1.82) is 0 Å². The van der Waals surface area contributed by atoms with Gasteiger partial charge in [0.25, 0.3) is 0 Å². The van der Waals surface area contributed by atoms with Crippen molar-refractivity contribution >= 4 is 5.97 Å². The van der Waals surface area contributed by atoms with E-state index in [9.17, 15) is 4.79 Å². The highest BCUT2D eigenvalue weighted by atomic mass is 16.5. The summed E-state index contributed by atoms with van der Waals surface area (Å²) < 4.78 is 4.79. The van der Waals surface area contributed by atoms with Crippen LogP contribution in [0.3, 0.4) is 0 Å². The summed E-state index contributed by atoms with van der Waals surface area (Å²) in [6.07, 6.45) is 3.81. The number of carbonyl (C=O) groups is 1. The molecule has 0 aromatic heterocycles. The van der Waals surface area contributed by atoms with E-state index < -0.39 is 5.54 Å². The van der Waals surface area contributed by atoms with Crippen molar-refractivity contribution in [2.24, 2.45) is 11.7 Å². The number of carbonyl (C=O) groups excluding carboxylic acids is 1. The largest absolute Gasteiger partial charge is 0.468 e. The van der Waals surface area contributed by atoms with Crippen LogP contribution in [0.15, 0.2) is 0 Å². The number of nitrogens with zero attached hydrogens (tertiary/aromatic N) is 1. The molecule has 3 atom stereocenters. The van der Waals surface area contributed by atoms with Crippen LogP contribution in [0.4, 0.5) is 0 Å². The Hall–Kier alpha value is -0.610. The van der Waals surface area contributed by atoms with Crippen LogP contribution in [-0.4, -0.2) is 42.6 Å². The third-order valence-electron chi connectivity index (χ3n) is 4.09. The van der Waals surface area contributed by atoms with Crippen LogP contribution in [0.25, 0.3) is 0 Å². The van der Waals surface area contributed by atoms with Gasteiger partial charge >= 0.3 is 5.97 Å². The molecule has 0 spiro atoms. The number of methoxy groups -OCH3 is 1. The normalized spacial score (nSPS) is 40.2. The summed E-state index contributed by atoms with van der Waals surface area (Å²) in [5.41, 5.74) is 5.37. The number of esters is 1. The van der Waals surface area contributed by atoms with Gasteiger partial charge in [0.1, 0.15) is 5.54 Å². The van der Waals surface area contributed by atoms with Gasteiger partial charge in [-0.3, -0.25) is 4.79 Å². The Bertz CT molecular complexity index is 282. The molecule has 2 aliphatic rings. The maximum atomic E-state index is 11.6. The van der Waals surface area contributed by atoms with Crippen LogP contribution < -0.4 is 5.73 Å². The van der Waals surface area contributed by atoms with E-state index in [1.807, 2.05) is 0 Å². The van der Waals surface area contributed by atoms with E-state index in [0.717, 1.165) is 38.3 Å². The van der Waals surface area contributed by atoms with E-state index in [-0.39, 0.29) is 5.97 Å². The molecule has 0 bridgehead atoms. The Labute approximate surface area is 97.1 Å². The molecule has 1 heterocycles. The summed E-state index contributed by atoms with van der Waals surface area (Å²) in [5, 5.41) is 0. The zero-order chi connectivity index (χ0) is 11.8. The third-order valence-corrected chi connectivity index (χ3v) is 4.09. The monoisotopic (exact) mass is 226 g/mol. The molecule has 1 saturated carbocycles. The van der Waals surface area contributed by atoms with E-state index in [4.69, 9.17) is 10.5 Å². The molecular weight excluding hydrogens is 204 g/mol. The summed E-state index contributed by atoms with van der Waals surface area (Å²) in [7, 11) is 1.42. The van der Waals surface area contributed by atoms with Crippen LogP contribution in [0.1, 0.15) is 32.6 Å². The van der Waals surface area contributed by atoms with Crippen LogP contribution >= 0.6 is 0 Å². The number of hydrogen-bond donors (Lipinski definition) is 1. The lowest BCUT2D eigenvalue weighted by molar-refractivity contribution is -0.146. The fourth-order valence-corrected chi connectivity index (χ4v) is 3.05. The van der Waals surface area contributed by atoms with Crippen molar-refractivity contribution in [3.8, 4) is 0 Å². The van der Waals surface area contributed by atoms with Gasteiger partial charge in [0.15, 0.2) is 0 Å². The van der Waals surface area contributed by atoms with Crippen LogP contribution in [0.5, 0.6) is 0 Å². The first kappa shape index (κ1) is 11.9. The molecule has 0 radical (unpaired) electrons. The Morgan fingerprint density at radius 2 is 2.25 bits per heavy atom. The predicted molar refractivity (Wildman–Crippen MR) is 61.9 cm³/mol. The minimum Gasteiger partial charge on any atom is -0.468 e. The SMILES string of the molecule is COC(=O)C1(N)CCC(N2CCC(C)C2)C1. The van der Waals surface area contributed by atoms with Crippen LogP contribution in [0, 0.1) is 5.92 Å². The number of rotatable bonds is 2. The van der Waals surface area contributed by atoms with Crippen molar-refractivity contribution in [1.82, 2.24) is 4.90 Å². The predicted octanol–water partition coefficient (Wildman–Crippen LogP) is 0.751. The molecule has 16 heavy (non-hydrogen) atoms. The smallest absolute Gasteiger partial charge is 0.325 e. The van der Waals surface area contributed by atoms with Gasteiger partial charge in [-0.05, 0) is 38.1 Å². The molecule has 4 heteroatoms. The standard InChI is InChI=1S/C12H22N2O2/c1-9-4-6-14(8-9)10-3-5-12(13,7-10)11(15)16-2/h9-10H,3-8,13H2,1-2H3. The van der Waals surface area contributed by atoms with Crippen LogP contribution in [-0.2, 0) is 9.53 Å². The Kier molecular flexibility index (Phi) is 3.22. The van der Waals surface area contributed by atoms with Gasteiger partial charge in [-0.25, -0.2) is 0 Å². The first-order valence-electron chi connectivity index (χ1n) is 6.16. The lowest BCUT2D eigenvalue weighted by Crippen LogP contribution is -2.48. The Balaban J connectivity index is 1.95. The first-order chi connectivity index (χ1) is 7.55. The quantitative estimate of drug-likeness (QED) is 0.706. The fourth-order valence-electron chi connectivity index (χ4n) is 3.05. The summed E-state index contributed by atoms with van der Waals surface area (Å²) in [5.74, 6) is 0.535. The van der Waals surface area contributed by atoms with E-state index in [2.05, 4.69) is 11.8 Å². The summed E-state index contributed by atoms with van der Waals surface area (Å²) in [6, 6.07) is 0.481. The molecule has 2 rings (SSSR count). The molecule has 0 aromatic carbocycles. The number of ether oxygens (including phenoxy) is 1. The Morgan fingerprint density at radius 3 is 2.81 bits per heavy atom. The van der Waals surface area contributed by atoms with Gasteiger partial charge in [-0.2, -0.15) is 0 Å². The molecule has 0 amide bonds. The summed E-state index contributed by atoms with van der Waals surface area (Å²) >= 11 is 0. The highest BCUT2D eigenvalue weighted by molar-refractivity contribution is 5.81. The maximum absolute atomic E-state index is 11.6. The lowest BCUT2D eigenvalue weighted by atomic mass is 9.99. The molecule has 0 aromatic rings. The van der Waals surface area contributed by atoms with Gasteiger partial charge in [0.05, 0.1) is 7.11 Å². The molecule has 1 saturated heterocycles. The van der Waals surface area contributed by atoms with Crippen molar-refractivity contribution in [2.75, 3.05) is 20.2 Å². The molecule has 2 fully saturated rings. The average Bonchev–Trinajstić information content (AvgIpc) is 2.84. The van der Waals surface area contributed by atoms with Gasteiger partial charge in [0, 0.05) is 12.6 Å². The average molecular weight is 226 g/mol. The molecule has 92 valence electrons. The first-order valence-corrected chi connectivity index (χ1v) is 6.16. The molecule has 2 N–H and O–H groups in total. The van der Waals surface area contributed by atoms with Crippen molar-refractivity contribution in [3.63, 3.8) is 0 Å².